The van der Waals surface area contributed by atoms with Crippen LogP contribution >= 0.6 is 0 Å². The molecule has 0 fully saturated rings. The van der Waals surface area contributed by atoms with Crippen molar-refractivity contribution in [3.8, 4) is 0 Å². The second-order valence-corrected chi connectivity index (χ2v) is 9.21. The van der Waals surface area contributed by atoms with Gasteiger partial charge in [0.25, 0.3) is 0 Å². The minimum atomic E-state index is -3.84. The van der Waals surface area contributed by atoms with E-state index in [0.717, 1.165) is 16.7 Å². The summed E-state index contributed by atoms with van der Waals surface area (Å²) >= 11 is 0. The Labute approximate surface area is 178 Å². The molecule has 0 unspecified atom stereocenters. The normalized spacial score (nSPS) is 12.5. The molecule has 3 aromatic rings. The van der Waals surface area contributed by atoms with Crippen LogP contribution in [0.3, 0.4) is 0 Å². The zero-order chi connectivity index (χ0) is 21.6. The van der Waals surface area contributed by atoms with Crippen LogP contribution in [-0.4, -0.2) is 25.2 Å². The molecule has 0 aliphatic rings. The van der Waals surface area contributed by atoms with E-state index in [2.05, 4.69) is 5.32 Å². The zero-order valence-electron chi connectivity index (χ0n) is 17.2. The number of amides is 1. The van der Waals surface area contributed by atoms with Crippen LogP contribution < -0.4 is 5.32 Å². The maximum absolute atomic E-state index is 13.3. The molecule has 0 radical (unpaired) electrons. The first-order valence-corrected chi connectivity index (χ1v) is 11.3. The predicted octanol–water partition coefficient (Wildman–Crippen LogP) is 4.06. The van der Waals surface area contributed by atoms with Crippen molar-refractivity contribution in [2.75, 3.05) is 6.54 Å². The van der Waals surface area contributed by atoms with Crippen LogP contribution in [0.5, 0.6) is 0 Å². The van der Waals surface area contributed by atoms with Gasteiger partial charge in [0.1, 0.15) is 0 Å². The van der Waals surface area contributed by atoms with Crippen molar-refractivity contribution in [1.82, 2.24) is 9.62 Å². The summed E-state index contributed by atoms with van der Waals surface area (Å²) in [7, 11) is -3.84. The number of nitrogens with zero attached hydrogens (tertiary/aromatic N) is 1. The summed E-state index contributed by atoms with van der Waals surface area (Å²) < 4.78 is 27.8. The Hall–Kier alpha value is -2.96. The van der Waals surface area contributed by atoms with E-state index in [1.54, 1.807) is 24.3 Å². The van der Waals surface area contributed by atoms with Crippen LogP contribution in [0.15, 0.2) is 89.8 Å². The second-order valence-electron chi connectivity index (χ2n) is 7.27. The molecule has 3 rings (SSSR count). The Morgan fingerprint density at radius 2 is 1.47 bits per heavy atom. The summed E-state index contributed by atoms with van der Waals surface area (Å²) in [4.78, 5) is 12.9. The maximum Gasteiger partial charge on any atom is 0.243 e. The number of carbonyl (C=O) groups excluding carboxylic acids is 1. The van der Waals surface area contributed by atoms with Crippen molar-refractivity contribution in [3.63, 3.8) is 0 Å². The fourth-order valence-electron chi connectivity index (χ4n) is 3.14. The molecule has 0 spiro atoms. The first kappa shape index (κ1) is 21.7. The fraction of sp³-hybridized carbons (Fsp3) is 0.208. The van der Waals surface area contributed by atoms with E-state index in [-0.39, 0.29) is 29.9 Å². The van der Waals surface area contributed by atoms with Gasteiger partial charge in [-0.2, -0.15) is 4.31 Å². The number of rotatable bonds is 8. The third kappa shape index (κ3) is 5.55. The molecule has 1 N–H and O–H groups in total. The topological polar surface area (TPSA) is 66.5 Å². The van der Waals surface area contributed by atoms with Crippen LogP contribution in [0, 0.1) is 6.92 Å². The highest BCUT2D eigenvalue weighted by molar-refractivity contribution is 7.89. The van der Waals surface area contributed by atoms with Gasteiger partial charge in [-0.1, -0.05) is 78.4 Å². The number of carbonyl (C=O) groups is 1. The Balaban J connectivity index is 1.82. The van der Waals surface area contributed by atoms with Gasteiger partial charge in [0.15, 0.2) is 0 Å². The molecule has 0 heterocycles. The van der Waals surface area contributed by atoms with E-state index in [1.165, 1.54) is 4.31 Å². The van der Waals surface area contributed by atoms with E-state index >= 15 is 0 Å². The van der Waals surface area contributed by atoms with E-state index in [0.29, 0.717) is 0 Å². The van der Waals surface area contributed by atoms with Gasteiger partial charge in [0.05, 0.1) is 17.5 Å². The lowest BCUT2D eigenvalue weighted by atomic mass is 10.1. The average Bonchev–Trinajstić information content (AvgIpc) is 2.75. The highest BCUT2D eigenvalue weighted by Gasteiger charge is 2.27. The number of nitrogens with one attached hydrogen (secondary N) is 1. The number of hydrogen-bond acceptors (Lipinski definition) is 3. The standard InChI is InChI=1S/C24H26N2O3S/c1-19-13-15-23(16-14-19)30(28,29)26(17-21-9-5-3-6-10-21)18-24(27)25-20(2)22-11-7-4-8-12-22/h3-16,20H,17-18H2,1-2H3,(H,25,27)/t20-/m0/s1. The van der Waals surface area contributed by atoms with Gasteiger partial charge in [-0.15, -0.1) is 0 Å². The lowest BCUT2D eigenvalue weighted by molar-refractivity contribution is -0.122. The van der Waals surface area contributed by atoms with Gasteiger partial charge in [0, 0.05) is 6.54 Å². The molecule has 6 heteroatoms. The SMILES string of the molecule is Cc1ccc(S(=O)(=O)N(CC(=O)N[C@@H](C)c2ccccc2)Cc2ccccc2)cc1. The molecular weight excluding hydrogens is 396 g/mol. The molecule has 156 valence electrons. The summed E-state index contributed by atoms with van der Waals surface area (Å²) in [6.45, 7) is 3.63. The lowest BCUT2D eigenvalue weighted by Crippen LogP contribution is -2.41. The van der Waals surface area contributed by atoms with E-state index < -0.39 is 10.0 Å². The molecule has 0 aliphatic carbocycles. The zero-order valence-corrected chi connectivity index (χ0v) is 18.0. The first-order chi connectivity index (χ1) is 14.4. The molecular formula is C24H26N2O3S. The smallest absolute Gasteiger partial charge is 0.243 e. The predicted molar refractivity (Wildman–Crippen MR) is 118 cm³/mol. The minimum absolute atomic E-state index is 0.115. The van der Waals surface area contributed by atoms with Crippen molar-refractivity contribution in [2.45, 2.75) is 31.3 Å². The first-order valence-electron chi connectivity index (χ1n) is 9.81. The van der Waals surface area contributed by atoms with Gasteiger partial charge >= 0.3 is 0 Å². The number of aryl methyl sites for hydroxylation is 1. The van der Waals surface area contributed by atoms with Crippen LogP contribution in [0.1, 0.15) is 29.7 Å². The molecule has 30 heavy (non-hydrogen) atoms. The number of hydrogen-bond donors (Lipinski definition) is 1. The number of benzene rings is 3. The van der Waals surface area contributed by atoms with E-state index in [9.17, 15) is 13.2 Å². The molecule has 0 saturated carbocycles. The third-order valence-electron chi connectivity index (χ3n) is 4.86. The van der Waals surface area contributed by atoms with Gasteiger partial charge in [0.2, 0.25) is 15.9 Å². The average molecular weight is 423 g/mol. The van der Waals surface area contributed by atoms with Crippen molar-refractivity contribution >= 4 is 15.9 Å². The van der Waals surface area contributed by atoms with Gasteiger partial charge in [-0.25, -0.2) is 8.42 Å². The van der Waals surface area contributed by atoms with Crippen LogP contribution in [0.25, 0.3) is 0 Å². The van der Waals surface area contributed by atoms with Crippen molar-refractivity contribution in [3.05, 3.63) is 102 Å². The molecule has 1 amide bonds. The minimum Gasteiger partial charge on any atom is -0.348 e. The van der Waals surface area contributed by atoms with Crippen molar-refractivity contribution in [2.24, 2.45) is 0 Å². The quantitative estimate of drug-likeness (QED) is 0.595. The fourth-order valence-corrected chi connectivity index (χ4v) is 4.53. The van der Waals surface area contributed by atoms with Gasteiger partial charge < -0.3 is 5.32 Å². The maximum atomic E-state index is 13.3. The molecule has 3 aromatic carbocycles. The van der Waals surface area contributed by atoms with Crippen molar-refractivity contribution < 1.29 is 13.2 Å². The summed E-state index contributed by atoms with van der Waals surface area (Å²) in [6.07, 6.45) is 0. The molecule has 0 bridgehead atoms. The lowest BCUT2D eigenvalue weighted by Gasteiger charge is -2.23. The summed E-state index contributed by atoms with van der Waals surface area (Å²) in [5, 5.41) is 2.90. The van der Waals surface area contributed by atoms with E-state index in [4.69, 9.17) is 0 Å². The Morgan fingerprint density at radius 3 is 2.07 bits per heavy atom. The largest absolute Gasteiger partial charge is 0.348 e. The van der Waals surface area contributed by atoms with Crippen LogP contribution in [-0.2, 0) is 21.4 Å². The summed E-state index contributed by atoms with van der Waals surface area (Å²) in [5.41, 5.74) is 2.75. The summed E-state index contributed by atoms with van der Waals surface area (Å²) in [5.74, 6) is -0.349. The van der Waals surface area contributed by atoms with Crippen LogP contribution in [0.2, 0.25) is 0 Å². The Kier molecular flexibility index (Phi) is 7.03. The highest BCUT2D eigenvalue weighted by Crippen LogP contribution is 2.19. The summed E-state index contributed by atoms with van der Waals surface area (Å²) in [6, 6.07) is 25.3. The molecule has 0 saturated heterocycles. The van der Waals surface area contributed by atoms with Crippen LogP contribution in [0.4, 0.5) is 0 Å². The Bertz CT molecular complexity index is 1070. The second kappa shape index (κ2) is 9.69. The highest BCUT2D eigenvalue weighted by atomic mass is 32.2. The van der Waals surface area contributed by atoms with E-state index in [1.807, 2.05) is 74.5 Å². The third-order valence-corrected chi connectivity index (χ3v) is 6.66. The molecule has 5 nitrogen and oxygen atoms in total. The van der Waals surface area contributed by atoms with Gasteiger partial charge in [-0.3, -0.25) is 4.79 Å². The molecule has 0 aliphatic heterocycles. The van der Waals surface area contributed by atoms with Gasteiger partial charge in [-0.05, 0) is 37.1 Å². The Morgan fingerprint density at radius 1 is 0.900 bits per heavy atom. The van der Waals surface area contributed by atoms with Crippen molar-refractivity contribution in [1.29, 1.82) is 0 Å². The molecule has 0 aromatic heterocycles. The monoisotopic (exact) mass is 422 g/mol. The number of sulfonamides is 1. The molecule has 1 atom stereocenters.